The van der Waals surface area contributed by atoms with Crippen molar-refractivity contribution in [2.75, 3.05) is 104 Å². The van der Waals surface area contributed by atoms with Gasteiger partial charge in [0.1, 0.15) is 62.6 Å². The van der Waals surface area contributed by atoms with E-state index in [-0.39, 0.29) is 106 Å². The van der Waals surface area contributed by atoms with Crippen molar-refractivity contribution in [1.82, 2.24) is 49.9 Å². The Hall–Kier alpha value is -8.54. The van der Waals surface area contributed by atoms with E-state index in [1.165, 1.54) is 60.5 Å². The predicted octanol–water partition coefficient (Wildman–Crippen LogP) is 3.16. The number of aromatic nitrogens is 6. The van der Waals surface area contributed by atoms with Gasteiger partial charge in [0.25, 0.3) is 23.3 Å². The molecule has 0 spiro atoms. The fourth-order valence-electron chi connectivity index (χ4n) is 10.6. The highest BCUT2D eigenvalue weighted by atomic mass is 31.1. The molecular formula is C62H78N12O23P2+2. The van der Waals surface area contributed by atoms with Gasteiger partial charge in [-0.05, 0) is 48.6 Å². The smallest absolute Gasteiger partial charge is 0.474 e. The molecule has 37 heteroatoms. The Balaban J connectivity index is 0.668. The van der Waals surface area contributed by atoms with Crippen LogP contribution in [-0.4, -0.2) is 221 Å². The molecule has 2 saturated heterocycles. The van der Waals surface area contributed by atoms with Crippen molar-refractivity contribution in [3.63, 3.8) is 0 Å². The quantitative estimate of drug-likeness (QED) is 0.0199. The first-order chi connectivity index (χ1) is 47.8. The number of carbonyl (C=O) groups excluding carboxylic acids is 7. The molecule has 4 aliphatic rings. The third kappa shape index (κ3) is 21.7. The Kier molecular flexibility index (Phi) is 27.9. The van der Waals surface area contributed by atoms with Gasteiger partial charge < -0.3 is 63.9 Å². The molecule has 2 bridgehead atoms. The molecule has 9 rings (SSSR count). The van der Waals surface area contributed by atoms with Gasteiger partial charge in [0.05, 0.1) is 78.9 Å². The number of aliphatic hydroxyl groups excluding tert-OH is 1. The van der Waals surface area contributed by atoms with Gasteiger partial charge >= 0.3 is 22.6 Å². The molecule has 3 unspecified atom stereocenters. The SMILES string of the molecule is CC(C)[C@H](NC(=O)CCOCCOCCOCCOCCOCCN1C(=O)C=CC1=O)C(=O)N[C@@H](C)C(=O)Nc1ccc(COC(=O)N(C)Cc2ccccc2C(=O)Nc2nc3c(ncn3[C@@H]3O[C@H]4CO[P+](=O)O[C@H]5C[C@H](Oc6ccncn6)C[C@@H]5CO[P+](=O)O[C@@H]3C4O)c(=O)[nH]2)cc1. The highest BCUT2D eigenvalue weighted by Gasteiger charge is 2.54. The lowest BCUT2D eigenvalue weighted by atomic mass is 10.0. The molecule has 35 nitrogen and oxygen atoms in total. The number of carbonyl (C=O) groups is 7. The summed E-state index contributed by atoms with van der Waals surface area (Å²) in [6.45, 7) is 7.04. The number of hydrogen-bond acceptors (Lipinski definition) is 27. The molecule has 3 aliphatic heterocycles. The molecule has 6 heterocycles. The lowest BCUT2D eigenvalue weighted by Crippen LogP contribution is -2.53. The van der Waals surface area contributed by atoms with Crippen molar-refractivity contribution >= 4 is 80.8 Å². The van der Waals surface area contributed by atoms with E-state index in [0.29, 0.717) is 68.8 Å². The van der Waals surface area contributed by atoms with Crippen molar-refractivity contribution in [2.24, 2.45) is 11.8 Å². The van der Waals surface area contributed by atoms with E-state index in [1.54, 1.807) is 62.4 Å². The number of fused-ring (bicyclic) bond motifs is 4. The van der Waals surface area contributed by atoms with Crippen molar-refractivity contribution in [3.8, 4) is 5.88 Å². The number of anilines is 2. The highest BCUT2D eigenvalue weighted by Crippen LogP contribution is 2.45. The van der Waals surface area contributed by atoms with Crippen molar-refractivity contribution in [1.29, 1.82) is 0 Å². The number of aliphatic hydroxyl groups is 1. The van der Waals surface area contributed by atoms with Gasteiger partial charge in [-0.25, -0.2) is 19.7 Å². The van der Waals surface area contributed by atoms with Crippen LogP contribution in [0.25, 0.3) is 11.2 Å². The number of imidazole rings is 1. The summed E-state index contributed by atoms with van der Waals surface area (Å²) in [5.41, 5.74) is 0.310. The minimum Gasteiger partial charge on any atom is -0.474 e. The van der Waals surface area contributed by atoms with E-state index in [1.807, 2.05) is 0 Å². The first kappa shape index (κ1) is 74.7. The van der Waals surface area contributed by atoms with Crippen LogP contribution in [0.15, 0.2) is 90.4 Å². The third-order valence-corrected chi connectivity index (χ3v) is 17.3. The van der Waals surface area contributed by atoms with Crippen LogP contribution in [-0.2, 0) is 97.5 Å². The maximum Gasteiger partial charge on any atom is 0.697 e. The normalized spacial score (nSPS) is 21.5. The van der Waals surface area contributed by atoms with Gasteiger partial charge in [-0.3, -0.25) is 53.3 Å². The summed E-state index contributed by atoms with van der Waals surface area (Å²) in [6.07, 6.45) is -0.399. The Morgan fingerprint density at radius 2 is 1.43 bits per heavy atom. The summed E-state index contributed by atoms with van der Waals surface area (Å²) < 4.78 is 95.5. The second-order valence-corrected chi connectivity index (χ2v) is 25.1. The molecule has 7 amide bonds. The van der Waals surface area contributed by atoms with E-state index < -0.39 is 113 Å². The number of nitrogens with one attached hydrogen (secondary N) is 5. The van der Waals surface area contributed by atoms with E-state index in [2.05, 4.69) is 46.2 Å². The summed E-state index contributed by atoms with van der Waals surface area (Å²) in [7, 11) is -4.26. The number of hydrogen-bond donors (Lipinski definition) is 6. The van der Waals surface area contributed by atoms with Crippen molar-refractivity contribution in [2.45, 2.75) is 102 Å². The molecule has 3 fully saturated rings. The zero-order valence-corrected chi connectivity index (χ0v) is 56.3. The van der Waals surface area contributed by atoms with Gasteiger partial charge in [0.2, 0.25) is 29.5 Å². The Morgan fingerprint density at radius 1 is 0.768 bits per heavy atom. The first-order valence-corrected chi connectivity index (χ1v) is 33.9. The van der Waals surface area contributed by atoms with Gasteiger partial charge in [-0.15, -0.1) is 18.1 Å². The molecular weight excluding hydrogens is 1340 g/mol. The van der Waals surface area contributed by atoms with Gasteiger partial charge in [-0.1, -0.05) is 44.2 Å². The summed E-state index contributed by atoms with van der Waals surface area (Å²) in [5, 5.41) is 22.1. The lowest BCUT2D eigenvalue weighted by molar-refractivity contribution is -0.137. The van der Waals surface area contributed by atoms with Crippen molar-refractivity contribution < 1.29 is 104 Å². The molecule has 1 aliphatic carbocycles. The molecule has 0 radical (unpaired) electrons. The summed E-state index contributed by atoms with van der Waals surface area (Å²) in [5.74, 6) is -3.74. The molecule has 5 aromatic rings. The minimum absolute atomic E-state index is 0.0220. The van der Waals surface area contributed by atoms with Crippen LogP contribution >= 0.6 is 16.5 Å². The molecule has 532 valence electrons. The van der Waals surface area contributed by atoms with E-state index in [9.17, 15) is 52.6 Å². The average Bonchev–Trinajstić information content (AvgIpc) is 1.62. The van der Waals surface area contributed by atoms with Crippen LogP contribution in [0.1, 0.15) is 67.7 Å². The Labute approximate surface area is 568 Å². The number of aromatic amines is 1. The molecule has 2 aromatic carbocycles. The number of ether oxygens (including phenoxy) is 8. The summed E-state index contributed by atoms with van der Waals surface area (Å²) >= 11 is 0. The Bertz CT molecular complexity index is 3700. The average molecular weight is 1420 g/mol. The molecule has 3 aromatic heterocycles. The highest BCUT2D eigenvalue weighted by molar-refractivity contribution is 7.33. The van der Waals surface area contributed by atoms with Crippen LogP contribution < -0.4 is 31.6 Å². The molecule has 6 N–H and O–H groups in total. The lowest BCUT2D eigenvalue weighted by Gasteiger charge is -2.24. The van der Waals surface area contributed by atoms with Gasteiger partial charge in [0, 0.05) is 77.1 Å². The maximum absolute atomic E-state index is 14.0. The second-order valence-electron chi connectivity index (χ2n) is 23.3. The number of benzene rings is 2. The monoisotopic (exact) mass is 1420 g/mol. The fourth-order valence-corrected chi connectivity index (χ4v) is 12.2. The topological polar surface area (TPSA) is 429 Å². The largest absolute Gasteiger partial charge is 0.697 e. The van der Waals surface area contributed by atoms with Gasteiger partial charge in [-0.2, -0.15) is 4.98 Å². The third-order valence-electron chi connectivity index (χ3n) is 15.8. The zero-order chi connectivity index (χ0) is 70.4. The number of imide groups is 1. The number of H-pyrrole nitrogens is 1. The van der Waals surface area contributed by atoms with Crippen LogP contribution in [0, 0.1) is 11.8 Å². The molecule has 1 saturated carbocycles. The number of nitrogens with zero attached hydrogens (tertiary/aromatic N) is 7. The van der Waals surface area contributed by atoms with E-state index in [4.69, 9.17) is 56.0 Å². The number of rotatable bonds is 33. The minimum atomic E-state index is -2.95. The number of amides is 7. The summed E-state index contributed by atoms with van der Waals surface area (Å²) in [4.78, 5) is 125. The second kappa shape index (κ2) is 37.0. The first-order valence-electron chi connectivity index (χ1n) is 31.7. The van der Waals surface area contributed by atoms with Crippen LogP contribution in [0.5, 0.6) is 5.88 Å². The zero-order valence-electron chi connectivity index (χ0n) is 54.5. The van der Waals surface area contributed by atoms with E-state index in [0.717, 1.165) is 4.90 Å². The maximum atomic E-state index is 14.0. The van der Waals surface area contributed by atoms with Crippen LogP contribution in [0.3, 0.4) is 0 Å². The molecule has 99 heavy (non-hydrogen) atoms. The summed E-state index contributed by atoms with van der Waals surface area (Å²) in [6, 6.07) is 12.4. The van der Waals surface area contributed by atoms with Gasteiger partial charge in [0.15, 0.2) is 23.5 Å². The Morgan fingerprint density at radius 3 is 2.12 bits per heavy atom. The van der Waals surface area contributed by atoms with Crippen molar-refractivity contribution in [3.05, 3.63) is 113 Å². The van der Waals surface area contributed by atoms with Crippen LogP contribution in [0.4, 0.5) is 16.4 Å². The standard InChI is InChI=1S/C62H76N12O23P2/c1-37(2)51(68-47(75)16-19-86-21-23-88-25-27-90-28-26-89-24-22-87-20-18-73-49(76)13-14-50(73)77)58(81)66-38(3)56(79)67-42-11-9-39(10-12-42)32-91-62(83)72(4)31-40-7-5-6-8-44(40)57(80)70-61-69-55-52(59(82)71-61)65-36-74(55)60-54-53(78)46(95-60)34-93-98(84)96-45-30-43(94-48-15-17-63-35-64-48)29-41(45)33-92-99(85)97-54/h5-15,17,35-38,41,43,45-46,51,53-54,60,78H,16,18-34H2,1-4H3,(H3-2,66,67,68,69,70,71,75,79,80,81,82)/p+2/t38-,41+,43+,45-,46-,51-,53?,54+,60+/m0/s1. The van der Waals surface area contributed by atoms with Crippen LogP contribution in [0.2, 0.25) is 0 Å². The fraction of sp³-hybridized carbons (Fsp3) is 0.516. The van der Waals surface area contributed by atoms with E-state index >= 15 is 0 Å². The predicted molar refractivity (Wildman–Crippen MR) is 344 cm³/mol. The molecule has 11 atom stereocenters.